The lowest BCUT2D eigenvalue weighted by Gasteiger charge is -2.14. The highest BCUT2D eigenvalue weighted by Crippen LogP contribution is 2.32. The van der Waals surface area contributed by atoms with Gasteiger partial charge in [0, 0.05) is 22.8 Å². The van der Waals surface area contributed by atoms with Crippen LogP contribution >= 0.6 is 11.8 Å². The summed E-state index contributed by atoms with van der Waals surface area (Å²) in [6, 6.07) is 15.9. The summed E-state index contributed by atoms with van der Waals surface area (Å²) in [4.78, 5) is 25.2. The van der Waals surface area contributed by atoms with Gasteiger partial charge in [0.15, 0.2) is 5.50 Å². The third kappa shape index (κ3) is 4.75. The SMILES string of the molecule is CCc1ccc(N[C@@H]2NC(=O)/C(=C/c3cc(C)n(-c4ccc(C(=O)OC)cc4C)c3C)S2)cc1. The summed E-state index contributed by atoms with van der Waals surface area (Å²) in [5, 5.41) is 6.37. The minimum atomic E-state index is -0.352. The lowest BCUT2D eigenvalue weighted by molar-refractivity contribution is -0.116. The lowest BCUT2D eigenvalue weighted by Crippen LogP contribution is -2.30. The van der Waals surface area contributed by atoms with Gasteiger partial charge in [0.2, 0.25) is 0 Å². The van der Waals surface area contributed by atoms with E-state index in [1.54, 1.807) is 6.07 Å². The van der Waals surface area contributed by atoms with Gasteiger partial charge >= 0.3 is 5.97 Å². The van der Waals surface area contributed by atoms with Crippen LogP contribution in [0.4, 0.5) is 5.69 Å². The second-order valence-corrected chi connectivity index (χ2v) is 9.48. The summed E-state index contributed by atoms with van der Waals surface area (Å²) in [5.74, 6) is -0.439. The highest BCUT2D eigenvalue weighted by Gasteiger charge is 2.27. The second kappa shape index (κ2) is 9.81. The third-order valence-corrected chi connectivity index (χ3v) is 7.03. The van der Waals surface area contributed by atoms with Crippen LogP contribution in [-0.2, 0) is 16.0 Å². The van der Waals surface area contributed by atoms with E-state index in [9.17, 15) is 9.59 Å². The van der Waals surface area contributed by atoms with Crippen molar-refractivity contribution >= 4 is 35.4 Å². The summed E-state index contributed by atoms with van der Waals surface area (Å²) < 4.78 is 6.97. The van der Waals surface area contributed by atoms with Crippen molar-refractivity contribution in [3.63, 3.8) is 0 Å². The first-order valence-electron chi connectivity index (χ1n) is 11.2. The zero-order valence-corrected chi connectivity index (χ0v) is 20.9. The van der Waals surface area contributed by atoms with Gasteiger partial charge in [-0.15, -0.1) is 0 Å². The molecule has 0 spiro atoms. The zero-order chi connectivity index (χ0) is 24.4. The molecule has 1 saturated heterocycles. The van der Waals surface area contributed by atoms with Crippen molar-refractivity contribution in [2.24, 2.45) is 0 Å². The van der Waals surface area contributed by atoms with Crippen molar-refractivity contribution in [2.45, 2.75) is 39.6 Å². The van der Waals surface area contributed by atoms with E-state index in [0.717, 1.165) is 40.3 Å². The second-order valence-electron chi connectivity index (χ2n) is 8.33. The molecule has 0 saturated carbocycles. The normalized spacial score (nSPS) is 16.6. The number of nitrogens with one attached hydrogen (secondary N) is 2. The molecule has 4 rings (SSSR count). The molecule has 2 aromatic carbocycles. The standard InChI is InChI=1S/C27H29N3O3S/c1-6-19-7-10-22(11-8-19)28-27-29-25(31)24(34-27)15-21-14-17(3)30(18(21)4)23-12-9-20(13-16(23)2)26(32)33-5/h7-15,27-28H,6H2,1-5H3,(H,29,31)/b24-15-/t27-/m1/s1. The van der Waals surface area contributed by atoms with Gasteiger partial charge in [0.25, 0.3) is 5.91 Å². The summed E-state index contributed by atoms with van der Waals surface area (Å²) in [7, 11) is 1.38. The fourth-order valence-electron chi connectivity index (χ4n) is 4.15. The first kappa shape index (κ1) is 23.7. The number of rotatable bonds is 6. The van der Waals surface area contributed by atoms with Gasteiger partial charge in [0.1, 0.15) is 0 Å². The van der Waals surface area contributed by atoms with Crippen LogP contribution in [0.25, 0.3) is 11.8 Å². The molecule has 1 fully saturated rings. The van der Waals surface area contributed by atoms with Crippen LogP contribution in [-0.4, -0.2) is 29.1 Å². The van der Waals surface area contributed by atoms with Gasteiger partial charge < -0.3 is 19.9 Å². The van der Waals surface area contributed by atoms with Crippen LogP contribution in [0.3, 0.4) is 0 Å². The van der Waals surface area contributed by atoms with Crippen molar-refractivity contribution in [1.29, 1.82) is 0 Å². The minimum Gasteiger partial charge on any atom is -0.465 e. The molecule has 7 heteroatoms. The van der Waals surface area contributed by atoms with E-state index in [-0.39, 0.29) is 17.4 Å². The minimum absolute atomic E-state index is 0.0870. The fourth-order valence-corrected chi connectivity index (χ4v) is 5.13. The smallest absolute Gasteiger partial charge is 0.337 e. The maximum atomic E-state index is 12.6. The van der Waals surface area contributed by atoms with Gasteiger partial charge in [0.05, 0.1) is 17.6 Å². The highest BCUT2D eigenvalue weighted by molar-refractivity contribution is 8.05. The average Bonchev–Trinajstić information content (AvgIpc) is 3.31. The number of hydrogen-bond donors (Lipinski definition) is 2. The molecule has 0 aliphatic carbocycles. The number of amides is 1. The Morgan fingerprint density at radius 1 is 1.15 bits per heavy atom. The molecular formula is C27H29N3O3S. The molecule has 0 unspecified atom stereocenters. The molecule has 6 nitrogen and oxygen atoms in total. The number of benzene rings is 2. The van der Waals surface area contributed by atoms with E-state index >= 15 is 0 Å². The van der Waals surface area contributed by atoms with Crippen molar-refractivity contribution in [1.82, 2.24) is 9.88 Å². The molecule has 1 aromatic heterocycles. The van der Waals surface area contributed by atoms with E-state index in [1.165, 1.54) is 24.4 Å². The quantitative estimate of drug-likeness (QED) is 0.371. The molecule has 176 valence electrons. The van der Waals surface area contributed by atoms with Crippen molar-refractivity contribution in [3.8, 4) is 5.69 Å². The van der Waals surface area contributed by atoms with E-state index in [4.69, 9.17) is 4.74 Å². The Bertz CT molecular complexity index is 1280. The van der Waals surface area contributed by atoms with Crippen LogP contribution < -0.4 is 10.6 Å². The Hall–Kier alpha value is -3.45. The van der Waals surface area contributed by atoms with Gasteiger partial charge in [-0.2, -0.15) is 0 Å². The molecule has 1 aliphatic heterocycles. The van der Waals surface area contributed by atoms with E-state index < -0.39 is 0 Å². The van der Waals surface area contributed by atoms with Crippen molar-refractivity contribution in [2.75, 3.05) is 12.4 Å². The van der Waals surface area contributed by atoms with E-state index in [1.807, 2.05) is 51.1 Å². The number of aromatic nitrogens is 1. The summed E-state index contributed by atoms with van der Waals surface area (Å²) >= 11 is 1.48. The number of nitrogens with zero attached hydrogens (tertiary/aromatic N) is 1. The Labute approximate surface area is 204 Å². The van der Waals surface area contributed by atoms with Gasteiger partial charge in [-0.3, -0.25) is 4.79 Å². The molecule has 2 N–H and O–H groups in total. The van der Waals surface area contributed by atoms with Gasteiger partial charge in [-0.1, -0.05) is 30.8 Å². The van der Waals surface area contributed by atoms with Crippen molar-refractivity contribution in [3.05, 3.63) is 87.1 Å². The molecular weight excluding hydrogens is 446 g/mol. The molecule has 1 aliphatic rings. The molecule has 0 radical (unpaired) electrons. The largest absolute Gasteiger partial charge is 0.465 e. The topological polar surface area (TPSA) is 72.4 Å². The molecule has 1 atom stereocenters. The maximum absolute atomic E-state index is 12.6. The number of carbonyl (C=O) groups excluding carboxylic acids is 2. The number of esters is 1. The van der Waals surface area contributed by atoms with Crippen LogP contribution in [0.2, 0.25) is 0 Å². The monoisotopic (exact) mass is 475 g/mol. The Morgan fingerprint density at radius 3 is 2.53 bits per heavy atom. The highest BCUT2D eigenvalue weighted by atomic mass is 32.2. The summed E-state index contributed by atoms with van der Waals surface area (Å²) in [5.41, 5.74) is 7.57. The van der Waals surface area contributed by atoms with Crippen molar-refractivity contribution < 1.29 is 14.3 Å². The number of anilines is 1. The predicted molar refractivity (Wildman–Crippen MR) is 138 cm³/mol. The Kier molecular flexibility index (Phi) is 6.84. The number of thioether (sulfide) groups is 1. The first-order chi connectivity index (χ1) is 16.3. The van der Waals surface area contributed by atoms with Gasteiger partial charge in [-0.05, 0) is 86.4 Å². The zero-order valence-electron chi connectivity index (χ0n) is 20.1. The van der Waals surface area contributed by atoms with Crippen LogP contribution in [0, 0.1) is 20.8 Å². The van der Waals surface area contributed by atoms with E-state index in [2.05, 4.69) is 40.3 Å². The first-order valence-corrected chi connectivity index (χ1v) is 12.1. The van der Waals surface area contributed by atoms with Crippen LogP contribution in [0.5, 0.6) is 0 Å². The average molecular weight is 476 g/mol. The fraction of sp³-hybridized carbons (Fsp3) is 0.259. The summed E-state index contributed by atoms with van der Waals surface area (Å²) in [6.07, 6.45) is 2.94. The third-order valence-electron chi connectivity index (χ3n) is 6.01. The van der Waals surface area contributed by atoms with E-state index in [0.29, 0.717) is 10.5 Å². The number of carbonyl (C=O) groups is 2. The lowest BCUT2D eigenvalue weighted by atomic mass is 10.1. The molecule has 1 amide bonds. The Balaban J connectivity index is 1.56. The van der Waals surface area contributed by atoms with Crippen LogP contribution in [0.15, 0.2) is 53.4 Å². The number of methoxy groups -OCH3 is 1. The number of ether oxygens (including phenoxy) is 1. The molecule has 2 heterocycles. The van der Waals surface area contributed by atoms with Gasteiger partial charge in [-0.25, -0.2) is 4.79 Å². The molecule has 34 heavy (non-hydrogen) atoms. The maximum Gasteiger partial charge on any atom is 0.337 e. The Morgan fingerprint density at radius 2 is 1.88 bits per heavy atom. The number of hydrogen-bond acceptors (Lipinski definition) is 5. The van der Waals surface area contributed by atoms with Crippen LogP contribution in [0.1, 0.15) is 45.4 Å². The number of aryl methyl sites for hydroxylation is 3. The molecule has 3 aromatic rings. The predicted octanol–water partition coefficient (Wildman–Crippen LogP) is 5.35. The summed E-state index contributed by atoms with van der Waals surface area (Å²) in [6.45, 7) is 8.18. The molecule has 0 bridgehead atoms.